The number of benzene rings is 1. The quantitative estimate of drug-likeness (QED) is 0.839. The van der Waals surface area contributed by atoms with Crippen LogP contribution in [-0.4, -0.2) is 34.4 Å². The van der Waals surface area contributed by atoms with Crippen molar-refractivity contribution in [3.8, 4) is 0 Å². The van der Waals surface area contributed by atoms with E-state index >= 15 is 0 Å². The molecule has 1 aliphatic heterocycles. The van der Waals surface area contributed by atoms with Crippen LogP contribution >= 0.6 is 12.2 Å². The van der Waals surface area contributed by atoms with Gasteiger partial charge in [-0.2, -0.15) is 0 Å². The maximum absolute atomic E-state index is 12.3. The van der Waals surface area contributed by atoms with Crippen molar-refractivity contribution in [2.24, 2.45) is 5.73 Å². The molecule has 0 aromatic heterocycles. The van der Waals surface area contributed by atoms with E-state index in [-0.39, 0.29) is 5.91 Å². The van der Waals surface area contributed by atoms with Crippen molar-refractivity contribution in [3.63, 3.8) is 0 Å². The maximum atomic E-state index is 12.3. The maximum Gasteiger partial charge on any atom is 0.238 e. The minimum absolute atomic E-state index is 0.0145. The smallest absolute Gasteiger partial charge is 0.238 e. The highest BCUT2D eigenvalue weighted by Gasteiger charge is 2.26. The first-order valence-corrected chi connectivity index (χ1v) is 7.84. The van der Waals surface area contributed by atoms with Gasteiger partial charge in [-0.3, -0.25) is 9.69 Å². The molecule has 114 valence electrons. The molecule has 0 saturated carbocycles. The van der Waals surface area contributed by atoms with Gasteiger partial charge in [-0.1, -0.05) is 30.8 Å². The van der Waals surface area contributed by atoms with E-state index in [0.29, 0.717) is 34.9 Å². The van der Waals surface area contributed by atoms with E-state index < -0.39 is 0 Å². The summed E-state index contributed by atoms with van der Waals surface area (Å²) in [6.07, 6.45) is 3.55. The Balaban J connectivity index is 2.03. The lowest BCUT2D eigenvalue weighted by molar-refractivity contribution is -0.118. The van der Waals surface area contributed by atoms with E-state index in [2.05, 4.69) is 24.1 Å². The molecule has 3 N–H and O–H groups in total. The number of thiocarbonyl (C=S) groups is 1. The van der Waals surface area contributed by atoms with Crippen molar-refractivity contribution in [3.05, 3.63) is 29.8 Å². The Morgan fingerprint density at radius 2 is 1.95 bits per heavy atom. The molecule has 1 heterocycles. The number of piperidine rings is 1. The number of nitrogens with zero attached hydrogens (tertiary/aromatic N) is 1. The fourth-order valence-corrected chi connectivity index (χ4v) is 3.13. The van der Waals surface area contributed by atoms with Crippen molar-refractivity contribution in [1.29, 1.82) is 0 Å². The van der Waals surface area contributed by atoms with Crippen molar-refractivity contribution in [2.75, 3.05) is 11.9 Å². The number of carbonyl (C=O) groups is 1. The third kappa shape index (κ3) is 4.02. The summed E-state index contributed by atoms with van der Waals surface area (Å²) < 4.78 is 0. The summed E-state index contributed by atoms with van der Waals surface area (Å²) in [6, 6.07) is 8.28. The summed E-state index contributed by atoms with van der Waals surface area (Å²) in [6.45, 7) is 4.78. The normalized spacial score (nSPS) is 22.8. The molecule has 1 amide bonds. The lowest BCUT2D eigenvalue weighted by Crippen LogP contribution is -2.47. The zero-order valence-electron chi connectivity index (χ0n) is 12.6. The van der Waals surface area contributed by atoms with Crippen LogP contribution < -0.4 is 11.1 Å². The molecule has 0 bridgehead atoms. The number of anilines is 1. The third-order valence-electron chi connectivity index (χ3n) is 4.17. The number of para-hydroxylation sites is 1. The molecular formula is C16H23N3OS. The zero-order chi connectivity index (χ0) is 15.4. The highest BCUT2D eigenvalue weighted by molar-refractivity contribution is 7.80. The molecule has 0 unspecified atom stereocenters. The largest absolute Gasteiger partial charge is 0.389 e. The zero-order valence-corrected chi connectivity index (χ0v) is 13.5. The van der Waals surface area contributed by atoms with Crippen molar-refractivity contribution in [1.82, 2.24) is 4.90 Å². The summed E-state index contributed by atoms with van der Waals surface area (Å²) in [5.74, 6) is -0.0145. The Morgan fingerprint density at radius 1 is 1.33 bits per heavy atom. The predicted molar refractivity (Wildman–Crippen MR) is 90.4 cm³/mol. The Kier molecular flexibility index (Phi) is 5.31. The van der Waals surface area contributed by atoms with Crippen LogP contribution in [0.15, 0.2) is 24.3 Å². The highest BCUT2D eigenvalue weighted by atomic mass is 32.1. The first kappa shape index (κ1) is 15.9. The van der Waals surface area contributed by atoms with E-state index in [1.54, 1.807) is 0 Å². The topological polar surface area (TPSA) is 58.4 Å². The molecule has 4 nitrogen and oxygen atoms in total. The Bertz CT molecular complexity index is 522. The molecule has 1 aromatic carbocycles. The van der Waals surface area contributed by atoms with Gasteiger partial charge in [0.2, 0.25) is 5.91 Å². The number of rotatable bonds is 4. The minimum Gasteiger partial charge on any atom is -0.389 e. The van der Waals surface area contributed by atoms with Crippen molar-refractivity contribution >= 4 is 28.8 Å². The van der Waals surface area contributed by atoms with Gasteiger partial charge in [0.25, 0.3) is 0 Å². The Morgan fingerprint density at radius 3 is 2.57 bits per heavy atom. The predicted octanol–water partition coefficient (Wildman–Crippen LogP) is 2.52. The number of nitrogens with one attached hydrogen (secondary N) is 1. The lowest BCUT2D eigenvalue weighted by atomic mass is 9.97. The minimum atomic E-state index is -0.0145. The highest BCUT2D eigenvalue weighted by Crippen LogP contribution is 2.22. The number of likely N-dealkylation sites (tertiary alicyclic amines) is 1. The van der Waals surface area contributed by atoms with Crippen molar-refractivity contribution < 1.29 is 4.79 Å². The molecule has 1 saturated heterocycles. The van der Waals surface area contributed by atoms with E-state index in [0.717, 1.165) is 12.8 Å². The summed E-state index contributed by atoms with van der Waals surface area (Å²) in [5, 5.41) is 2.93. The van der Waals surface area contributed by atoms with E-state index in [4.69, 9.17) is 18.0 Å². The monoisotopic (exact) mass is 305 g/mol. The first-order chi connectivity index (χ1) is 9.99. The third-order valence-corrected chi connectivity index (χ3v) is 4.39. The molecule has 2 rings (SSSR count). The molecule has 5 heteroatoms. The number of nitrogens with two attached hydrogens (primary N) is 1. The molecule has 0 radical (unpaired) electrons. The van der Waals surface area contributed by atoms with Crippen LogP contribution in [0.2, 0.25) is 0 Å². The van der Waals surface area contributed by atoms with Crippen LogP contribution in [0.25, 0.3) is 0 Å². The molecule has 0 aliphatic carbocycles. The van der Waals surface area contributed by atoms with Gasteiger partial charge in [0.15, 0.2) is 0 Å². The van der Waals surface area contributed by atoms with Crippen molar-refractivity contribution in [2.45, 2.75) is 45.2 Å². The van der Waals surface area contributed by atoms with Gasteiger partial charge in [0.1, 0.15) is 4.99 Å². The van der Waals surface area contributed by atoms with Crippen LogP contribution in [0, 0.1) is 0 Å². The lowest BCUT2D eigenvalue weighted by Gasteiger charge is -2.38. The second kappa shape index (κ2) is 7.00. The van der Waals surface area contributed by atoms with Crippen LogP contribution in [0.4, 0.5) is 5.69 Å². The second-order valence-corrected chi connectivity index (χ2v) is 6.20. The molecule has 1 aromatic rings. The molecular weight excluding hydrogens is 282 g/mol. The first-order valence-electron chi connectivity index (χ1n) is 7.43. The number of carbonyl (C=O) groups excluding carboxylic acids is 1. The number of hydrogen-bond donors (Lipinski definition) is 2. The van der Waals surface area contributed by atoms with Crippen LogP contribution in [0.1, 0.15) is 38.7 Å². The van der Waals surface area contributed by atoms with Gasteiger partial charge < -0.3 is 11.1 Å². The standard InChI is InChI=1S/C16H23N3OS/c1-11-6-5-7-12(2)19(11)10-15(20)18-14-9-4-3-8-13(14)16(17)21/h3-4,8-9,11-12H,5-7,10H2,1-2H3,(H2,17,21)(H,18,20)/t11-,12+. The van der Waals surface area contributed by atoms with Gasteiger partial charge in [0, 0.05) is 17.6 Å². The molecule has 2 atom stereocenters. The van der Waals surface area contributed by atoms with Crippen LogP contribution in [0.3, 0.4) is 0 Å². The molecule has 1 aliphatic rings. The summed E-state index contributed by atoms with van der Waals surface area (Å²) in [4.78, 5) is 14.9. The summed E-state index contributed by atoms with van der Waals surface area (Å²) in [7, 11) is 0. The van der Waals surface area contributed by atoms with E-state index in [1.807, 2.05) is 24.3 Å². The summed E-state index contributed by atoms with van der Waals surface area (Å²) in [5.41, 5.74) is 7.08. The molecule has 1 fully saturated rings. The molecule has 21 heavy (non-hydrogen) atoms. The average Bonchev–Trinajstić information content (AvgIpc) is 2.43. The van der Waals surface area contributed by atoms with E-state index in [1.165, 1.54) is 6.42 Å². The fraction of sp³-hybridized carbons (Fsp3) is 0.500. The van der Waals surface area contributed by atoms with E-state index in [9.17, 15) is 4.79 Å². The van der Waals surface area contributed by atoms with Gasteiger partial charge in [-0.15, -0.1) is 0 Å². The van der Waals surface area contributed by atoms with Crippen LogP contribution in [-0.2, 0) is 4.79 Å². The van der Waals surface area contributed by atoms with Gasteiger partial charge >= 0.3 is 0 Å². The second-order valence-electron chi connectivity index (χ2n) is 5.76. The van der Waals surface area contributed by atoms with Gasteiger partial charge in [0.05, 0.1) is 12.2 Å². The number of hydrogen-bond acceptors (Lipinski definition) is 3. The fourth-order valence-electron chi connectivity index (χ4n) is 2.95. The Labute approximate surface area is 131 Å². The average molecular weight is 305 g/mol. The summed E-state index contributed by atoms with van der Waals surface area (Å²) >= 11 is 5.02. The van der Waals surface area contributed by atoms with Crippen LogP contribution in [0.5, 0.6) is 0 Å². The van der Waals surface area contributed by atoms with Gasteiger partial charge in [-0.05, 0) is 38.8 Å². The Hall–Kier alpha value is -1.46. The SMILES string of the molecule is C[C@@H]1CCC[C@H](C)N1CC(=O)Nc1ccccc1C(N)=S. The van der Waals surface area contributed by atoms with Gasteiger partial charge in [-0.25, -0.2) is 0 Å². The number of amides is 1. The molecule has 0 spiro atoms.